The molecule has 116 valence electrons. The minimum atomic E-state index is -3.11. The van der Waals surface area contributed by atoms with Crippen LogP contribution < -0.4 is 0 Å². The molecule has 0 radical (unpaired) electrons. The molecule has 0 aliphatic carbocycles. The molecule has 0 aromatic heterocycles. The van der Waals surface area contributed by atoms with Crippen molar-refractivity contribution in [3.63, 3.8) is 0 Å². The molecule has 0 aromatic rings. The zero-order chi connectivity index (χ0) is 15.5. The molecule has 2 atom stereocenters. The van der Waals surface area contributed by atoms with Crippen molar-refractivity contribution in [1.29, 1.82) is 0 Å². The van der Waals surface area contributed by atoms with Gasteiger partial charge in [0.1, 0.15) is 6.04 Å². The van der Waals surface area contributed by atoms with Gasteiger partial charge >= 0.3 is 5.97 Å². The summed E-state index contributed by atoms with van der Waals surface area (Å²) in [6.45, 7) is 5.39. The molecule has 7 heteroatoms. The van der Waals surface area contributed by atoms with Gasteiger partial charge in [0.2, 0.25) is 5.91 Å². The third kappa shape index (κ3) is 4.19. The van der Waals surface area contributed by atoms with E-state index in [9.17, 15) is 18.0 Å². The number of carbonyl (C=O) groups excluding carboxylic acids is 2. The molecule has 0 spiro atoms. The van der Waals surface area contributed by atoms with E-state index in [4.69, 9.17) is 0 Å². The van der Waals surface area contributed by atoms with Crippen molar-refractivity contribution >= 4 is 21.7 Å². The van der Waals surface area contributed by atoms with E-state index in [1.807, 2.05) is 13.8 Å². The fraction of sp³-hybridized carbons (Fsp3) is 0.846. The van der Waals surface area contributed by atoms with Crippen LogP contribution in [0.5, 0.6) is 0 Å². The molecule has 20 heavy (non-hydrogen) atoms. The van der Waals surface area contributed by atoms with Crippen LogP contribution in [0.3, 0.4) is 0 Å². The number of amides is 1. The van der Waals surface area contributed by atoms with Gasteiger partial charge in [0, 0.05) is 12.5 Å². The number of esters is 1. The highest BCUT2D eigenvalue weighted by molar-refractivity contribution is 7.91. The molecule has 1 aliphatic rings. The Morgan fingerprint density at radius 2 is 1.90 bits per heavy atom. The molecule has 0 unspecified atom stereocenters. The summed E-state index contributed by atoms with van der Waals surface area (Å²) in [6, 6.07) is -1.19. The average molecular weight is 305 g/mol. The van der Waals surface area contributed by atoms with Crippen LogP contribution in [0.25, 0.3) is 0 Å². The first-order chi connectivity index (χ1) is 9.18. The summed E-state index contributed by atoms with van der Waals surface area (Å²) < 4.78 is 27.9. The summed E-state index contributed by atoms with van der Waals surface area (Å²) in [6.07, 6.45) is 0.672. The Morgan fingerprint density at radius 1 is 1.30 bits per heavy atom. The van der Waals surface area contributed by atoms with Crippen LogP contribution in [0.2, 0.25) is 0 Å². The number of hydrogen-bond acceptors (Lipinski definition) is 5. The van der Waals surface area contributed by atoms with Gasteiger partial charge in [-0.2, -0.15) is 0 Å². The first-order valence-electron chi connectivity index (χ1n) is 6.77. The van der Waals surface area contributed by atoms with Crippen LogP contribution in [0, 0.1) is 5.92 Å². The van der Waals surface area contributed by atoms with E-state index < -0.39 is 27.9 Å². The molecular formula is C13H23NO5S. The number of carbonyl (C=O) groups is 2. The van der Waals surface area contributed by atoms with Gasteiger partial charge in [-0.1, -0.05) is 13.8 Å². The molecule has 1 amide bonds. The third-order valence-corrected chi connectivity index (χ3v) is 5.18. The minimum Gasteiger partial charge on any atom is -0.467 e. The van der Waals surface area contributed by atoms with Crippen LogP contribution in [0.4, 0.5) is 0 Å². The number of nitrogens with zero attached hydrogens (tertiary/aromatic N) is 1. The van der Waals surface area contributed by atoms with Crippen LogP contribution in [-0.2, 0) is 24.2 Å². The lowest BCUT2D eigenvalue weighted by Gasteiger charge is -2.33. The van der Waals surface area contributed by atoms with E-state index in [1.165, 1.54) is 12.0 Å². The number of sulfone groups is 1. The van der Waals surface area contributed by atoms with Crippen molar-refractivity contribution in [1.82, 2.24) is 4.90 Å². The normalized spacial score (nSPS) is 22.6. The van der Waals surface area contributed by atoms with Crippen LogP contribution in [-0.4, -0.2) is 55.9 Å². The van der Waals surface area contributed by atoms with Gasteiger partial charge in [0.25, 0.3) is 0 Å². The topological polar surface area (TPSA) is 80.8 Å². The summed E-state index contributed by atoms with van der Waals surface area (Å²) in [7, 11) is -1.86. The summed E-state index contributed by atoms with van der Waals surface area (Å²) in [4.78, 5) is 25.4. The van der Waals surface area contributed by atoms with Gasteiger partial charge in [-0.25, -0.2) is 13.2 Å². The maximum atomic E-state index is 12.3. The van der Waals surface area contributed by atoms with Crippen LogP contribution in [0.1, 0.15) is 33.6 Å². The predicted molar refractivity (Wildman–Crippen MR) is 74.8 cm³/mol. The van der Waals surface area contributed by atoms with E-state index in [0.717, 1.165) is 0 Å². The average Bonchev–Trinajstić information content (AvgIpc) is 2.67. The smallest absolute Gasteiger partial charge is 0.328 e. The predicted octanol–water partition coefficient (Wildman–Crippen LogP) is 0.610. The largest absolute Gasteiger partial charge is 0.467 e. The van der Waals surface area contributed by atoms with Crippen molar-refractivity contribution < 1.29 is 22.7 Å². The van der Waals surface area contributed by atoms with Crippen LogP contribution in [0.15, 0.2) is 0 Å². The summed E-state index contributed by atoms with van der Waals surface area (Å²) in [5.74, 6) is -0.575. The second-order valence-electron chi connectivity index (χ2n) is 5.65. The van der Waals surface area contributed by atoms with Gasteiger partial charge in [-0.05, 0) is 19.3 Å². The maximum absolute atomic E-state index is 12.3. The van der Waals surface area contributed by atoms with E-state index in [-0.39, 0.29) is 29.8 Å². The fourth-order valence-electron chi connectivity index (χ4n) is 2.47. The highest BCUT2D eigenvalue weighted by atomic mass is 32.2. The van der Waals surface area contributed by atoms with Crippen LogP contribution >= 0.6 is 0 Å². The maximum Gasteiger partial charge on any atom is 0.328 e. The Kier molecular flexibility index (Phi) is 5.56. The quantitative estimate of drug-likeness (QED) is 0.695. The summed E-state index contributed by atoms with van der Waals surface area (Å²) in [5, 5.41) is 0. The van der Waals surface area contributed by atoms with Crippen molar-refractivity contribution in [2.75, 3.05) is 18.6 Å². The molecule has 1 saturated heterocycles. The van der Waals surface area contributed by atoms with Gasteiger partial charge < -0.3 is 9.64 Å². The molecule has 6 nitrogen and oxygen atoms in total. The molecular weight excluding hydrogens is 282 g/mol. The summed E-state index contributed by atoms with van der Waals surface area (Å²) >= 11 is 0. The highest BCUT2D eigenvalue weighted by Gasteiger charge is 2.39. The second kappa shape index (κ2) is 6.56. The lowest BCUT2D eigenvalue weighted by Crippen LogP contribution is -2.50. The molecule has 0 aromatic carbocycles. The Labute approximate surface area is 120 Å². The van der Waals surface area contributed by atoms with Crippen molar-refractivity contribution in [3.8, 4) is 0 Å². The number of hydrogen-bond donors (Lipinski definition) is 0. The zero-order valence-corrected chi connectivity index (χ0v) is 13.3. The highest BCUT2D eigenvalue weighted by Crippen LogP contribution is 2.22. The zero-order valence-electron chi connectivity index (χ0n) is 12.5. The first kappa shape index (κ1) is 16.9. The van der Waals surface area contributed by atoms with Gasteiger partial charge in [-0.15, -0.1) is 0 Å². The molecule has 0 N–H and O–H groups in total. The molecule has 0 bridgehead atoms. The van der Waals surface area contributed by atoms with Gasteiger partial charge in [0.05, 0.1) is 18.6 Å². The molecule has 1 aliphatic heterocycles. The lowest BCUT2D eigenvalue weighted by atomic mass is 10.1. The van der Waals surface area contributed by atoms with Crippen molar-refractivity contribution in [3.05, 3.63) is 0 Å². The van der Waals surface area contributed by atoms with E-state index in [2.05, 4.69) is 4.74 Å². The van der Waals surface area contributed by atoms with Gasteiger partial charge in [-0.3, -0.25) is 4.79 Å². The van der Waals surface area contributed by atoms with Crippen molar-refractivity contribution in [2.45, 2.75) is 45.7 Å². The standard InChI is InChI=1S/C13H23NO5S/c1-9(2)7-12(15)14(10(3)13(16)19-4)11-5-6-20(17,18)8-11/h9-11H,5-8H2,1-4H3/t10-,11+/m0/s1. The number of ether oxygens (including phenoxy) is 1. The first-order valence-corrected chi connectivity index (χ1v) is 8.59. The lowest BCUT2D eigenvalue weighted by molar-refractivity contribution is -0.154. The summed E-state index contributed by atoms with van der Waals surface area (Å²) in [5.41, 5.74) is 0. The third-order valence-electron chi connectivity index (χ3n) is 3.43. The fourth-order valence-corrected chi connectivity index (χ4v) is 4.18. The Bertz CT molecular complexity index is 471. The van der Waals surface area contributed by atoms with Crippen molar-refractivity contribution in [2.24, 2.45) is 5.92 Å². The van der Waals surface area contributed by atoms with E-state index >= 15 is 0 Å². The number of methoxy groups -OCH3 is 1. The van der Waals surface area contributed by atoms with Gasteiger partial charge in [0.15, 0.2) is 9.84 Å². The SMILES string of the molecule is COC(=O)[C@H](C)N(C(=O)CC(C)C)[C@@H]1CCS(=O)(=O)C1. The number of rotatable bonds is 5. The monoisotopic (exact) mass is 305 g/mol. The van der Waals surface area contributed by atoms with E-state index in [0.29, 0.717) is 6.42 Å². The molecule has 1 heterocycles. The Hall–Kier alpha value is -1.11. The minimum absolute atomic E-state index is 0.0665. The second-order valence-corrected chi connectivity index (χ2v) is 7.88. The molecule has 0 saturated carbocycles. The Balaban J connectivity index is 2.96. The van der Waals surface area contributed by atoms with E-state index in [1.54, 1.807) is 6.92 Å². The molecule has 1 rings (SSSR count). The molecule has 1 fully saturated rings. The Morgan fingerprint density at radius 3 is 2.30 bits per heavy atom.